The van der Waals surface area contributed by atoms with Gasteiger partial charge in [0.2, 0.25) is 0 Å². The van der Waals surface area contributed by atoms with E-state index in [0.717, 1.165) is 13.1 Å². The summed E-state index contributed by atoms with van der Waals surface area (Å²) in [5.74, 6) is 0. The van der Waals surface area contributed by atoms with Gasteiger partial charge in [0.15, 0.2) is 0 Å². The van der Waals surface area contributed by atoms with Crippen LogP contribution in [-0.2, 0) is 4.74 Å². The predicted molar refractivity (Wildman–Crippen MR) is 37.6 cm³/mol. The molecule has 1 aliphatic rings. The fourth-order valence-electron chi connectivity index (χ4n) is 1.20. The molecule has 0 spiro atoms. The van der Waals surface area contributed by atoms with Crippen molar-refractivity contribution in [1.29, 1.82) is 0 Å². The van der Waals surface area contributed by atoms with Gasteiger partial charge in [0, 0.05) is 0 Å². The third-order valence-corrected chi connectivity index (χ3v) is 1.50. The Morgan fingerprint density at radius 2 is 2.44 bits per heavy atom. The fourth-order valence-corrected chi connectivity index (χ4v) is 1.20. The molecule has 1 saturated heterocycles. The van der Waals surface area contributed by atoms with Gasteiger partial charge in [-0.05, 0) is 0 Å². The molecule has 1 N–H and O–H groups in total. The fraction of sp³-hybridized carbons (Fsp3) is 1.00. The van der Waals surface area contributed by atoms with E-state index in [9.17, 15) is 0 Å². The van der Waals surface area contributed by atoms with Crippen LogP contribution in [0.4, 0.5) is 0 Å². The molecular formula is C6H12LiNO. The second kappa shape index (κ2) is 2.63. The first kappa shape index (κ1) is 7.62. The zero-order valence-corrected chi connectivity index (χ0v) is 6.40. The Kier molecular flexibility index (Phi) is 2.23. The molecule has 1 heterocycles. The molecule has 0 aromatic carbocycles. The predicted octanol–water partition coefficient (Wildman–Crippen LogP) is -0.121. The zero-order chi connectivity index (χ0) is 6.91. The topological polar surface area (TPSA) is 21.3 Å². The second-order valence-corrected chi connectivity index (χ2v) is 3.32. The summed E-state index contributed by atoms with van der Waals surface area (Å²) in [4.78, 5) is 0. The van der Waals surface area contributed by atoms with Crippen molar-refractivity contribution in [2.24, 2.45) is 0 Å². The van der Waals surface area contributed by atoms with E-state index in [1.807, 2.05) is 0 Å². The monoisotopic (exact) mass is 121 g/mol. The summed E-state index contributed by atoms with van der Waals surface area (Å²) >= 11 is 2.11. The molecule has 2 atom stereocenters. The molecule has 1 fully saturated rings. The SMILES string of the molecule is [Li][C]1(C)CNCC(C)O1. The molecule has 0 aromatic rings. The molecule has 3 heteroatoms. The van der Waals surface area contributed by atoms with Crippen LogP contribution in [0, 0.1) is 0 Å². The normalized spacial score (nSPS) is 45.1. The number of nitrogens with one attached hydrogen (secondary N) is 1. The van der Waals surface area contributed by atoms with E-state index in [4.69, 9.17) is 4.74 Å². The van der Waals surface area contributed by atoms with Crippen LogP contribution in [0.3, 0.4) is 0 Å². The maximum absolute atomic E-state index is 5.61. The number of morpholine rings is 1. The van der Waals surface area contributed by atoms with Gasteiger partial charge in [0.05, 0.1) is 0 Å². The molecule has 48 valence electrons. The molecule has 2 unspecified atom stereocenters. The van der Waals surface area contributed by atoms with Crippen molar-refractivity contribution in [2.75, 3.05) is 13.1 Å². The van der Waals surface area contributed by atoms with Crippen LogP contribution < -0.4 is 5.32 Å². The van der Waals surface area contributed by atoms with Crippen LogP contribution >= 0.6 is 0 Å². The van der Waals surface area contributed by atoms with Gasteiger partial charge >= 0.3 is 65.1 Å². The molecule has 0 saturated carbocycles. The Morgan fingerprint density at radius 3 is 2.78 bits per heavy atom. The van der Waals surface area contributed by atoms with Gasteiger partial charge in [-0.2, -0.15) is 0 Å². The van der Waals surface area contributed by atoms with E-state index in [2.05, 4.69) is 36.9 Å². The van der Waals surface area contributed by atoms with E-state index in [1.165, 1.54) is 0 Å². The Bertz CT molecular complexity index is 105. The molecule has 0 aliphatic carbocycles. The molecule has 1 rings (SSSR count). The van der Waals surface area contributed by atoms with Crippen LogP contribution in [0.2, 0.25) is 0 Å². The van der Waals surface area contributed by atoms with Crippen LogP contribution in [0.5, 0.6) is 0 Å². The number of hydrogen-bond donors (Lipinski definition) is 1. The van der Waals surface area contributed by atoms with Crippen molar-refractivity contribution in [3.8, 4) is 0 Å². The average Bonchev–Trinajstić information content (AvgIpc) is 1.60. The van der Waals surface area contributed by atoms with Crippen molar-refractivity contribution in [1.82, 2.24) is 5.32 Å². The summed E-state index contributed by atoms with van der Waals surface area (Å²) in [7, 11) is 0. The summed E-state index contributed by atoms with van der Waals surface area (Å²) < 4.78 is 5.65. The molecular weight excluding hydrogens is 109 g/mol. The van der Waals surface area contributed by atoms with Crippen molar-refractivity contribution >= 4 is 17.7 Å². The van der Waals surface area contributed by atoms with E-state index < -0.39 is 0 Å². The van der Waals surface area contributed by atoms with Gasteiger partial charge in [0.1, 0.15) is 0 Å². The average molecular weight is 121 g/mol. The maximum atomic E-state index is 5.61. The van der Waals surface area contributed by atoms with Crippen LogP contribution in [0.25, 0.3) is 0 Å². The van der Waals surface area contributed by atoms with Crippen molar-refractivity contribution in [2.45, 2.75) is 24.2 Å². The third kappa shape index (κ3) is 2.31. The van der Waals surface area contributed by atoms with Gasteiger partial charge in [-0.15, -0.1) is 0 Å². The standard InChI is InChI=1S/C6H12NO.Li/c1-5-3-7-4-6(2)8-5;/h5,7H,3-4H2,1-2H3;. The second-order valence-electron chi connectivity index (χ2n) is 3.32. The number of rotatable bonds is 0. The van der Waals surface area contributed by atoms with Crippen molar-refractivity contribution in [3.63, 3.8) is 0 Å². The van der Waals surface area contributed by atoms with Gasteiger partial charge in [-0.1, -0.05) is 0 Å². The summed E-state index contributed by atoms with van der Waals surface area (Å²) in [6, 6.07) is 0. The molecule has 0 aromatic heterocycles. The van der Waals surface area contributed by atoms with Gasteiger partial charge in [-0.25, -0.2) is 0 Å². The Hall–Kier alpha value is 0.517. The molecule has 2 nitrogen and oxygen atoms in total. The Morgan fingerprint density at radius 1 is 1.78 bits per heavy atom. The van der Waals surface area contributed by atoms with Gasteiger partial charge < -0.3 is 0 Å². The summed E-state index contributed by atoms with van der Waals surface area (Å²) in [6.45, 7) is 6.16. The summed E-state index contributed by atoms with van der Waals surface area (Å²) in [5, 5.41) is 3.30. The van der Waals surface area contributed by atoms with E-state index in [0.29, 0.717) is 6.10 Å². The molecule has 1 aliphatic heterocycles. The van der Waals surface area contributed by atoms with E-state index in [-0.39, 0.29) is 4.27 Å². The quantitative estimate of drug-likeness (QED) is 0.451. The van der Waals surface area contributed by atoms with Crippen molar-refractivity contribution in [3.05, 3.63) is 0 Å². The summed E-state index contributed by atoms with van der Waals surface area (Å²) in [6.07, 6.45) is 0.369. The third-order valence-electron chi connectivity index (χ3n) is 1.50. The van der Waals surface area contributed by atoms with E-state index >= 15 is 0 Å². The molecule has 0 radical (unpaired) electrons. The van der Waals surface area contributed by atoms with Crippen molar-refractivity contribution < 1.29 is 4.74 Å². The number of ether oxygens (including phenoxy) is 1. The molecule has 9 heavy (non-hydrogen) atoms. The van der Waals surface area contributed by atoms with Crippen LogP contribution in [-0.4, -0.2) is 41.2 Å². The zero-order valence-electron chi connectivity index (χ0n) is 6.40. The molecule has 0 amide bonds. The number of hydrogen-bond acceptors (Lipinski definition) is 2. The molecule has 0 bridgehead atoms. The summed E-state index contributed by atoms with van der Waals surface area (Å²) in [5.41, 5.74) is 0. The Balaban J connectivity index is 2.41. The first-order chi connectivity index (χ1) is 4.10. The Labute approximate surface area is 65.5 Å². The van der Waals surface area contributed by atoms with Gasteiger partial charge in [0.25, 0.3) is 0 Å². The minimum atomic E-state index is 0.0394. The first-order valence-corrected chi connectivity index (χ1v) is 3.49. The van der Waals surface area contributed by atoms with Crippen LogP contribution in [0.1, 0.15) is 13.8 Å². The first-order valence-electron chi connectivity index (χ1n) is 3.49. The van der Waals surface area contributed by atoms with Crippen LogP contribution in [0.15, 0.2) is 0 Å². The van der Waals surface area contributed by atoms with E-state index in [1.54, 1.807) is 0 Å². The minimum absolute atomic E-state index is 0.0394. The van der Waals surface area contributed by atoms with Gasteiger partial charge in [-0.3, -0.25) is 0 Å².